The van der Waals surface area contributed by atoms with Gasteiger partial charge in [0.2, 0.25) is 0 Å². The molecular formula is C11H17Cl2FN2. The van der Waals surface area contributed by atoms with Crippen LogP contribution >= 0.6 is 24.0 Å². The maximum Gasteiger partial charge on any atom is 0.141 e. The molecule has 1 atom stereocenters. The molecule has 0 spiro atoms. The Labute approximate surface area is 107 Å². The average molecular weight is 267 g/mol. The monoisotopic (exact) mass is 266 g/mol. The van der Waals surface area contributed by atoms with Crippen LogP contribution in [0.2, 0.25) is 5.02 Å². The molecule has 1 rings (SSSR count). The third-order valence-corrected chi connectivity index (χ3v) is 2.63. The van der Waals surface area contributed by atoms with Gasteiger partial charge in [0.1, 0.15) is 5.82 Å². The Kier molecular flexibility index (Phi) is 7.68. The average Bonchev–Trinajstić information content (AvgIpc) is 2.22. The second kappa shape index (κ2) is 7.85. The Balaban J connectivity index is 0.00000225. The fourth-order valence-corrected chi connectivity index (χ4v) is 1.61. The van der Waals surface area contributed by atoms with E-state index in [2.05, 4.69) is 0 Å². The first-order valence-electron chi connectivity index (χ1n) is 5.05. The summed E-state index contributed by atoms with van der Waals surface area (Å²) in [6.07, 6.45) is 2.79. The zero-order valence-electron chi connectivity index (χ0n) is 8.96. The fraction of sp³-hybridized carbons (Fsp3) is 0.455. The molecule has 16 heavy (non-hydrogen) atoms. The lowest BCUT2D eigenvalue weighted by molar-refractivity contribution is 0.587. The Morgan fingerprint density at radius 2 is 2.00 bits per heavy atom. The molecule has 0 saturated heterocycles. The number of unbranched alkanes of at least 4 members (excludes halogenated alkanes) is 1. The van der Waals surface area contributed by atoms with Crippen LogP contribution in [0.3, 0.4) is 0 Å². The van der Waals surface area contributed by atoms with Crippen LogP contribution in [0.4, 0.5) is 4.39 Å². The summed E-state index contributed by atoms with van der Waals surface area (Å²) < 4.78 is 12.9. The number of hydrogen-bond acceptors (Lipinski definition) is 2. The predicted molar refractivity (Wildman–Crippen MR) is 68.5 cm³/mol. The number of hydrogen-bond donors (Lipinski definition) is 2. The van der Waals surface area contributed by atoms with E-state index in [1.54, 1.807) is 12.1 Å². The van der Waals surface area contributed by atoms with Crippen LogP contribution in [0, 0.1) is 5.82 Å². The summed E-state index contributed by atoms with van der Waals surface area (Å²) in [5.74, 6) is -0.408. The molecule has 0 aromatic heterocycles. The minimum absolute atomic E-state index is 0. The summed E-state index contributed by atoms with van der Waals surface area (Å²) in [6.45, 7) is 0.677. The normalized spacial score (nSPS) is 12.0. The van der Waals surface area contributed by atoms with Gasteiger partial charge in [-0.05, 0) is 37.1 Å². The van der Waals surface area contributed by atoms with Gasteiger partial charge in [0.15, 0.2) is 0 Å². The van der Waals surface area contributed by atoms with Crippen molar-refractivity contribution in [1.29, 1.82) is 0 Å². The molecule has 2 nitrogen and oxygen atoms in total. The van der Waals surface area contributed by atoms with Crippen molar-refractivity contribution in [3.8, 4) is 0 Å². The zero-order chi connectivity index (χ0) is 11.3. The molecule has 0 amide bonds. The highest BCUT2D eigenvalue weighted by atomic mass is 35.5. The van der Waals surface area contributed by atoms with E-state index in [9.17, 15) is 4.39 Å². The highest BCUT2D eigenvalue weighted by Crippen LogP contribution is 2.22. The molecule has 4 N–H and O–H groups in total. The van der Waals surface area contributed by atoms with Crippen LogP contribution in [0.1, 0.15) is 30.9 Å². The van der Waals surface area contributed by atoms with Crippen molar-refractivity contribution in [2.75, 3.05) is 6.54 Å². The SMILES string of the molecule is Cl.NCCCC[C@@H](N)c1ccc(F)c(Cl)c1. The van der Waals surface area contributed by atoms with Gasteiger partial charge in [0.25, 0.3) is 0 Å². The van der Waals surface area contributed by atoms with E-state index in [4.69, 9.17) is 23.1 Å². The van der Waals surface area contributed by atoms with Gasteiger partial charge >= 0.3 is 0 Å². The highest BCUT2D eigenvalue weighted by molar-refractivity contribution is 6.30. The van der Waals surface area contributed by atoms with E-state index < -0.39 is 5.82 Å². The van der Waals surface area contributed by atoms with Crippen molar-refractivity contribution in [1.82, 2.24) is 0 Å². The summed E-state index contributed by atoms with van der Waals surface area (Å²) in [6, 6.07) is 4.52. The van der Waals surface area contributed by atoms with Gasteiger partial charge < -0.3 is 11.5 Å². The van der Waals surface area contributed by atoms with Crippen LogP contribution in [-0.2, 0) is 0 Å². The summed E-state index contributed by atoms with van der Waals surface area (Å²) in [4.78, 5) is 0. The number of rotatable bonds is 5. The molecule has 0 fully saturated rings. The largest absolute Gasteiger partial charge is 0.330 e. The van der Waals surface area contributed by atoms with Crippen LogP contribution in [0.5, 0.6) is 0 Å². The van der Waals surface area contributed by atoms with Gasteiger partial charge in [-0.1, -0.05) is 24.1 Å². The second-order valence-electron chi connectivity index (χ2n) is 3.56. The minimum Gasteiger partial charge on any atom is -0.330 e. The van der Waals surface area contributed by atoms with E-state index in [1.807, 2.05) is 0 Å². The number of nitrogens with two attached hydrogens (primary N) is 2. The van der Waals surface area contributed by atoms with Crippen LogP contribution in [-0.4, -0.2) is 6.54 Å². The van der Waals surface area contributed by atoms with E-state index in [0.29, 0.717) is 6.54 Å². The standard InChI is InChI=1S/C11H16ClFN2.ClH/c12-9-7-8(4-5-10(9)13)11(15)3-1-2-6-14;/h4-5,7,11H,1-3,6,14-15H2;1H/t11-;/m1./s1. The van der Waals surface area contributed by atoms with Gasteiger partial charge in [-0.3, -0.25) is 0 Å². The van der Waals surface area contributed by atoms with Gasteiger partial charge in [0.05, 0.1) is 5.02 Å². The zero-order valence-corrected chi connectivity index (χ0v) is 10.5. The maximum absolute atomic E-state index is 12.9. The smallest absolute Gasteiger partial charge is 0.141 e. The second-order valence-corrected chi connectivity index (χ2v) is 3.97. The Morgan fingerprint density at radius 1 is 1.31 bits per heavy atom. The summed E-state index contributed by atoms with van der Waals surface area (Å²) >= 11 is 5.67. The first kappa shape index (κ1) is 15.7. The Hall–Kier alpha value is -0.350. The van der Waals surface area contributed by atoms with Crippen LogP contribution in [0.25, 0.3) is 0 Å². The molecule has 0 aliphatic rings. The molecular weight excluding hydrogens is 250 g/mol. The third-order valence-electron chi connectivity index (χ3n) is 2.34. The van der Waals surface area contributed by atoms with Crippen molar-refractivity contribution in [2.24, 2.45) is 11.5 Å². The summed E-state index contributed by atoms with van der Waals surface area (Å²) in [7, 11) is 0. The topological polar surface area (TPSA) is 52.0 Å². The molecule has 0 unspecified atom stereocenters. The van der Waals surface area contributed by atoms with E-state index in [0.717, 1.165) is 24.8 Å². The molecule has 0 heterocycles. The van der Waals surface area contributed by atoms with E-state index in [1.165, 1.54) is 6.07 Å². The lowest BCUT2D eigenvalue weighted by atomic mass is 10.0. The van der Waals surface area contributed by atoms with Gasteiger partial charge in [0, 0.05) is 6.04 Å². The lowest BCUT2D eigenvalue weighted by Crippen LogP contribution is -2.11. The van der Waals surface area contributed by atoms with E-state index >= 15 is 0 Å². The Morgan fingerprint density at radius 3 is 2.56 bits per heavy atom. The van der Waals surface area contributed by atoms with Crippen molar-refractivity contribution in [3.05, 3.63) is 34.6 Å². The molecule has 0 bridgehead atoms. The van der Waals surface area contributed by atoms with Crippen LogP contribution in [0.15, 0.2) is 18.2 Å². The summed E-state index contributed by atoms with van der Waals surface area (Å²) in [5.41, 5.74) is 12.2. The fourth-order valence-electron chi connectivity index (χ4n) is 1.42. The Bertz CT molecular complexity index is 321. The van der Waals surface area contributed by atoms with Gasteiger partial charge in [-0.25, -0.2) is 4.39 Å². The molecule has 92 valence electrons. The molecule has 0 aliphatic carbocycles. The summed E-state index contributed by atoms with van der Waals surface area (Å²) in [5, 5.41) is 0.127. The van der Waals surface area contributed by atoms with Gasteiger partial charge in [-0.2, -0.15) is 0 Å². The first-order valence-corrected chi connectivity index (χ1v) is 5.43. The van der Waals surface area contributed by atoms with Crippen molar-refractivity contribution in [2.45, 2.75) is 25.3 Å². The number of halogens is 3. The maximum atomic E-state index is 12.9. The number of benzene rings is 1. The lowest BCUT2D eigenvalue weighted by Gasteiger charge is -2.12. The molecule has 5 heteroatoms. The van der Waals surface area contributed by atoms with Crippen molar-refractivity contribution >= 4 is 24.0 Å². The quantitative estimate of drug-likeness (QED) is 0.806. The van der Waals surface area contributed by atoms with Crippen molar-refractivity contribution < 1.29 is 4.39 Å². The molecule has 0 radical (unpaired) electrons. The van der Waals surface area contributed by atoms with Crippen LogP contribution < -0.4 is 11.5 Å². The molecule has 1 aromatic carbocycles. The molecule has 1 aromatic rings. The predicted octanol–water partition coefficient (Wildman–Crippen LogP) is 3.03. The van der Waals surface area contributed by atoms with Gasteiger partial charge in [-0.15, -0.1) is 12.4 Å². The van der Waals surface area contributed by atoms with Crippen molar-refractivity contribution in [3.63, 3.8) is 0 Å². The minimum atomic E-state index is -0.408. The molecule has 0 saturated carbocycles. The highest BCUT2D eigenvalue weighted by Gasteiger charge is 2.08. The van der Waals surface area contributed by atoms with E-state index in [-0.39, 0.29) is 23.5 Å². The molecule has 0 aliphatic heterocycles. The third kappa shape index (κ3) is 4.66. The first-order chi connectivity index (χ1) is 7.15.